The van der Waals surface area contributed by atoms with Crippen molar-refractivity contribution in [3.63, 3.8) is 0 Å². The minimum atomic E-state index is -1.21. The molecule has 0 unspecified atom stereocenters. The van der Waals surface area contributed by atoms with Gasteiger partial charge in [-0.05, 0) is 12.1 Å². The smallest absolute Gasteiger partial charge is 0.304 e. The Kier molecular flexibility index (Phi) is 1.85. The van der Waals surface area contributed by atoms with Gasteiger partial charge in [0.2, 0.25) is 0 Å². The SMILES string of the molecule is [B]B1C(=O)c2cc3c(cc2C1=O)C(=O)[B]C3=O. The highest BCUT2D eigenvalue weighted by molar-refractivity contribution is 7.39. The molecule has 0 aromatic heterocycles. The van der Waals surface area contributed by atoms with Crippen LogP contribution in [0, 0.1) is 0 Å². The normalized spacial score (nSPS) is 17.3. The van der Waals surface area contributed by atoms with Crippen molar-refractivity contribution in [1.82, 2.24) is 0 Å². The standard InChI is InChI=1S/C10H2B3O4/c11-13-9(16)5-1-3-4(2-6(5)10(13)17)8(15)12-7(3)14/h1-2H. The molecule has 0 N–H and O–H groups in total. The molecule has 4 nitrogen and oxygen atoms in total. The molecule has 0 saturated carbocycles. The summed E-state index contributed by atoms with van der Waals surface area (Å²) >= 11 is 0. The molecular formula is C10H2B3O4. The van der Waals surface area contributed by atoms with Crippen LogP contribution >= 0.6 is 0 Å². The predicted octanol–water partition coefficient (Wildman–Crippen LogP) is -0.698. The van der Waals surface area contributed by atoms with Crippen molar-refractivity contribution in [1.29, 1.82) is 0 Å². The molecule has 2 aliphatic heterocycles. The van der Waals surface area contributed by atoms with Crippen molar-refractivity contribution in [2.24, 2.45) is 0 Å². The quantitative estimate of drug-likeness (QED) is 0.540. The predicted molar refractivity (Wildman–Crippen MR) is 61.0 cm³/mol. The third-order valence-corrected chi connectivity index (χ3v) is 3.05. The molecule has 0 aliphatic carbocycles. The van der Waals surface area contributed by atoms with Crippen molar-refractivity contribution >= 4 is 44.4 Å². The second kappa shape index (κ2) is 3.06. The highest BCUT2D eigenvalue weighted by atomic mass is 16.2. The summed E-state index contributed by atoms with van der Waals surface area (Å²) in [5.41, 5.74) is -1.26. The van der Waals surface area contributed by atoms with E-state index in [1.807, 2.05) is 0 Å². The molecule has 0 fully saturated rings. The first-order chi connectivity index (χ1) is 8.00. The maximum atomic E-state index is 11.6. The van der Waals surface area contributed by atoms with E-state index in [9.17, 15) is 19.2 Å². The van der Waals surface area contributed by atoms with Gasteiger partial charge in [0.1, 0.15) is 22.7 Å². The monoisotopic (exact) mass is 219 g/mol. The van der Waals surface area contributed by atoms with Gasteiger partial charge in [0, 0.05) is 30.0 Å². The van der Waals surface area contributed by atoms with E-state index in [0.717, 1.165) is 7.28 Å². The number of carbonyl (C=O) groups is 4. The molecule has 2 aliphatic rings. The van der Waals surface area contributed by atoms with E-state index < -0.39 is 29.3 Å². The molecule has 1 aromatic rings. The van der Waals surface area contributed by atoms with Crippen LogP contribution in [0.2, 0.25) is 0 Å². The average Bonchev–Trinajstić information content (AvgIpc) is 2.70. The number of benzene rings is 1. The van der Waals surface area contributed by atoms with E-state index in [0.29, 0.717) is 0 Å². The third-order valence-electron chi connectivity index (χ3n) is 3.05. The van der Waals surface area contributed by atoms with Gasteiger partial charge in [-0.15, -0.1) is 0 Å². The largest absolute Gasteiger partial charge is 0.306 e. The Morgan fingerprint density at radius 1 is 0.824 bits per heavy atom. The molecule has 0 spiro atoms. The van der Waals surface area contributed by atoms with E-state index in [1.54, 1.807) is 0 Å². The summed E-state index contributed by atoms with van der Waals surface area (Å²) in [7, 11) is 6.38. The van der Waals surface area contributed by atoms with Crippen LogP contribution in [0.15, 0.2) is 12.1 Å². The number of hydrogen-bond acceptors (Lipinski definition) is 4. The zero-order valence-corrected chi connectivity index (χ0v) is 8.52. The molecule has 2 heterocycles. The van der Waals surface area contributed by atoms with Crippen LogP contribution in [-0.4, -0.2) is 44.4 Å². The van der Waals surface area contributed by atoms with Crippen LogP contribution in [0.3, 0.4) is 0 Å². The summed E-state index contributed by atoms with van der Waals surface area (Å²) in [6, 6.07) is 2.59. The zero-order chi connectivity index (χ0) is 12.3. The van der Waals surface area contributed by atoms with Gasteiger partial charge in [-0.3, -0.25) is 0 Å². The van der Waals surface area contributed by atoms with Crippen molar-refractivity contribution in [2.45, 2.75) is 0 Å². The van der Waals surface area contributed by atoms with E-state index >= 15 is 0 Å². The summed E-state index contributed by atoms with van der Waals surface area (Å²) in [5.74, 6) is 0. The number of hydrogen-bond donors (Lipinski definition) is 0. The molecule has 1 aromatic carbocycles. The summed E-state index contributed by atoms with van der Waals surface area (Å²) in [5, 5.41) is 0. The van der Waals surface area contributed by atoms with Crippen LogP contribution in [0.4, 0.5) is 0 Å². The van der Waals surface area contributed by atoms with Crippen molar-refractivity contribution in [3.8, 4) is 0 Å². The van der Waals surface area contributed by atoms with Crippen LogP contribution in [-0.2, 0) is 0 Å². The molecular weight excluding hydrogens is 217 g/mol. The molecule has 3 rings (SSSR count). The zero-order valence-electron chi connectivity index (χ0n) is 8.52. The second-order valence-corrected chi connectivity index (χ2v) is 4.02. The Morgan fingerprint density at radius 2 is 1.24 bits per heavy atom. The van der Waals surface area contributed by atoms with Crippen molar-refractivity contribution in [2.75, 3.05) is 0 Å². The lowest BCUT2D eigenvalue weighted by atomic mass is 9.30. The summed E-state index contributed by atoms with van der Waals surface area (Å²) in [6.07, 6.45) is 0. The topological polar surface area (TPSA) is 68.3 Å². The van der Waals surface area contributed by atoms with Gasteiger partial charge in [0.05, 0.1) is 0 Å². The first-order valence-electron chi connectivity index (χ1n) is 4.96. The van der Waals surface area contributed by atoms with Crippen molar-refractivity contribution in [3.05, 3.63) is 34.4 Å². The fraction of sp³-hybridized carbons (Fsp3) is 0. The summed E-state index contributed by atoms with van der Waals surface area (Å²) in [4.78, 5) is 46.2. The highest BCUT2D eigenvalue weighted by Crippen LogP contribution is 2.27. The lowest BCUT2D eigenvalue weighted by Crippen LogP contribution is -2.28. The van der Waals surface area contributed by atoms with Gasteiger partial charge in [-0.1, -0.05) is 0 Å². The van der Waals surface area contributed by atoms with Gasteiger partial charge in [0.25, 0.3) is 6.60 Å². The Hall–Kier alpha value is -1.91. The van der Waals surface area contributed by atoms with Gasteiger partial charge in [-0.25, -0.2) is 0 Å². The molecule has 7 heteroatoms. The third kappa shape index (κ3) is 1.16. The minimum absolute atomic E-state index is 0.137. The summed E-state index contributed by atoms with van der Waals surface area (Å²) < 4.78 is 0. The molecule has 17 heavy (non-hydrogen) atoms. The minimum Gasteiger partial charge on any atom is -0.306 e. The molecule has 0 bridgehead atoms. The molecule has 3 radical (unpaired) electrons. The first kappa shape index (κ1) is 10.3. The lowest BCUT2D eigenvalue weighted by molar-refractivity contribution is 0.105. The molecule has 75 valence electrons. The molecule has 0 atom stereocenters. The van der Waals surface area contributed by atoms with Crippen LogP contribution in [0.1, 0.15) is 41.4 Å². The lowest BCUT2D eigenvalue weighted by Gasteiger charge is -2.01. The molecule has 0 saturated heterocycles. The Labute approximate surface area is 98.5 Å². The second-order valence-electron chi connectivity index (χ2n) is 4.02. The fourth-order valence-electron chi connectivity index (χ4n) is 2.14. The van der Waals surface area contributed by atoms with Crippen LogP contribution in [0.25, 0.3) is 0 Å². The van der Waals surface area contributed by atoms with Crippen molar-refractivity contribution < 1.29 is 19.2 Å². The number of rotatable bonds is 0. The fourth-order valence-corrected chi connectivity index (χ4v) is 2.14. The van der Waals surface area contributed by atoms with E-state index in [-0.39, 0.29) is 22.3 Å². The van der Waals surface area contributed by atoms with Crippen LogP contribution in [0.5, 0.6) is 0 Å². The average molecular weight is 219 g/mol. The number of carbonyl (C=O) groups excluding carboxylic acids is 4. The van der Waals surface area contributed by atoms with Gasteiger partial charge >= 0.3 is 7.28 Å². The van der Waals surface area contributed by atoms with E-state index in [4.69, 9.17) is 7.74 Å². The maximum absolute atomic E-state index is 11.6. The van der Waals surface area contributed by atoms with E-state index in [2.05, 4.69) is 0 Å². The van der Waals surface area contributed by atoms with Gasteiger partial charge in [0.15, 0.2) is 0 Å². The maximum Gasteiger partial charge on any atom is 0.304 e. The Bertz CT molecular complexity index is 582. The molecule has 0 amide bonds. The summed E-state index contributed by atoms with van der Waals surface area (Å²) in [6.45, 7) is -1.21. The Balaban J connectivity index is 2.31. The van der Waals surface area contributed by atoms with Gasteiger partial charge in [-0.2, -0.15) is 0 Å². The Morgan fingerprint density at radius 3 is 1.65 bits per heavy atom. The first-order valence-corrected chi connectivity index (χ1v) is 4.96. The highest BCUT2D eigenvalue weighted by Gasteiger charge is 2.40. The number of fused-ring (bicyclic) bond motifs is 2. The van der Waals surface area contributed by atoms with E-state index in [1.165, 1.54) is 12.1 Å². The van der Waals surface area contributed by atoms with Crippen LogP contribution < -0.4 is 0 Å². The van der Waals surface area contributed by atoms with Gasteiger partial charge < -0.3 is 19.2 Å².